The zero-order valence-corrected chi connectivity index (χ0v) is 15.9. The zero-order valence-electron chi connectivity index (χ0n) is 15.1. The number of amides is 2. The van der Waals surface area contributed by atoms with Crippen molar-refractivity contribution in [3.05, 3.63) is 99.6 Å². The molecule has 0 unspecified atom stereocenters. The molecule has 0 spiro atoms. The maximum Gasteiger partial charge on any atom is 0.288 e. The van der Waals surface area contributed by atoms with Gasteiger partial charge in [-0.25, -0.2) is 0 Å². The second-order valence-corrected chi connectivity index (χ2v) is 6.47. The Kier molecular flexibility index (Phi) is 6.21. The van der Waals surface area contributed by atoms with Gasteiger partial charge >= 0.3 is 0 Å². The van der Waals surface area contributed by atoms with Crippen molar-refractivity contribution in [2.45, 2.75) is 0 Å². The molecule has 7 nitrogen and oxygen atoms in total. The van der Waals surface area contributed by atoms with Crippen LogP contribution in [0.4, 0.5) is 17.1 Å². The van der Waals surface area contributed by atoms with Gasteiger partial charge in [-0.3, -0.25) is 24.6 Å². The molecule has 0 aliphatic rings. The van der Waals surface area contributed by atoms with Crippen LogP contribution in [-0.2, 0) is 4.79 Å². The number of carbonyl (C=O) groups excluding carboxylic acids is 2. The molecule has 3 aromatic rings. The average molecular weight is 410 g/mol. The van der Waals surface area contributed by atoms with E-state index in [1.165, 1.54) is 17.0 Å². The van der Waals surface area contributed by atoms with Crippen molar-refractivity contribution in [2.75, 3.05) is 16.8 Å². The van der Waals surface area contributed by atoms with Crippen LogP contribution in [-0.4, -0.2) is 23.3 Å². The van der Waals surface area contributed by atoms with Gasteiger partial charge in [0.05, 0.1) is 4.92 Å². The van der Waals surface area contributed by atoms with Crippen molar-refractivity contribution in [1.29, 1.82) is 0 Å². The van der Waals surface area contributed by atoms with Gasteiger partial charge in [0, 0.05) is 23.0 Å². The van der Waals surface area contributed by atoms with Crippen LogP contribution in [0.2, 0.25) is 5.02 Å². The molecule has 8 heteroatoms. The minimum atomic E-state index is -0.659. The largest absolute Gasteiger partial charge is 0.325 e. The molecular formula is C21H16ClN3O4. The molecule has 1 N–H and O–H groups in total. The lowest BCUT2D eigenvalue weighted by atomic mass is 10.1. The third-order valence-corrected chi connectivity index (χ3v) is 4.38. The van der Waals surface area contributed by atoms with E-state index in [4.69, 9.17) is 11.6 Å². The molecule has 2 amide bonds. The maximum absolute atomic E-state index is 13.1. The summed E-state index contributed by atoms with van der Waals surface area (Å²) in [6, 6.07) is 21.2. The Hall–Kier alpha value is -3.71. The summed E-state index contributed by atoms with van der Waals surface area (Å²) in [5.74, 6) is -0.962. The molecule has 0 saturated carbocycles. The number of rotatable bonds is 6. The SMILES string of the molecule is O=C(CN(C(=O)c1ccc(Cl)c([N+](=O)[O-])c1)c1ccccc1)Nc1ccccc1. The van der Waals surface area contributed by atoms with E-state index in [0.717, 1.165) is 6.07 Å². The summed E-state index contributed by atoms with van der Waals surface area (Å²) in [5, 5.41) is 13.8. The smallest absolute Gasteiger partial charge is 0.288 e. The highest BCUT2D eigenvalue weighted by atomic mass is 35.5. The maximum atomic E-state index is 13.1. The molecule has 29 heavy (non-hydrogen) atoms. The summed E-state index contributed by atoms with van der Waals surface area (Å²) < 4.78 is 0. The molecule has 3 aromatic carbocycles. The van der Waals surface area contributed by atoms with Gasteiger partial charge in [-0.2, -0.15) is 0 Å². The quantitative estimate of drug-likeness (QED) is 0.478. The molecule has 146 valence electrons. The van der Waals surface area contributed by atoms with Gasteiger partial charge in [0.1, 0.15) is 11.6 Å². The third-order valence-electron chi connectivity index (χ3n) is 4.06. The summed E-state index contributed by atoms with van der Waals surface area (Å²) in [7, 11) is 0. The number of para-hydroxylation sites is 2. The fraction of sp³-hybridized carbons (Fsp3) is 0.0476. The van der Waals surface area contributed by atoms with Crippen LogP contribution in [0.15, 0.2) is 78.9 Å². The lowest BCUT2D eigenvalue weighted by Gasteiger charge is -2.22. The first kappa shape index (κ1) is 20.0. The lowest BCUT2D eigenvalue weighted by molar-refractivity contribution is -0.384. The second-order valence-electron chi connectivity index (χ2n) is 6.06. The predicted molar refractivity (Wildman–Crippen MR) is 111 cm³/mol. The summed E-state index contributed by atoms with van der Waals surface area (Å²) in [5.41, 5.74) is 0.759. The van der Waals surface area contributed by atoms with Crippen molar-refractivity contribution in [1.82, 2.24) is 0 Å². The molecule has 3 rings (SSSR count). The van der Waals surface area contributed by atoms with Crippen LogP contribution in [0, 0.1) is 10.1 Å². The molecule has 0 saturated heterocycles. The predicted octanol–water partition coefficient (Wildman–Crippen LogP) is 4.53. The number of carbonyl (C=O) groups is 2. The van der Waals surface area contributed by atoms with Crippen LogP contribution >= 0.6 is 11.6 Å². The summed E-state index contributed by atoms with van der Waals surface area (Å²) >= 11 is 5.84. The van der Waals surface area contributed by atoms with Crippen LogP contribution < -0.4 is 10.2 Å². The Balaban J connectivity index is 1.90. The molecule has 0 fully saturated rings. The highest BCUT2D eigenvalue weighted by Crippen LogP contribution is 2.26. The normalized spacial score (nSPS) is 10.2. The van der Waals surface area contributed by atoms with E-state index < -0.39 is 16.7 Å². The van der Waals surface area contributed by atoms with Gasteiger partial charge in [-0.15, -0.1) is 0 Å². The molecule has 0 aliphatic carbocycles. The standard InChI is InChI=1S/C21H16ClN3O4/c22-18-12-11-15(13-19(18)25(28)29)21(27)24(17-9-5-2-6-10-17)14-20(26)23-16-7-3-1-4-8-16/h1-13H,14H2,(H,23,26). The number of nitro groups is 1. The number of nitrogens with one attached hydrogen (secondary N) is 1. The topological polar surface area (TPSA) is 92.5 Å². The zero-order chi connectivity index (χ0) is 20.8. The van der Waals surface area contributed by atoms with Gasteiger partial charge in [-0.1, -0.05) is 48.0 Å². The van der Waals surface area contributed by atoms with Crippen LogP contribution in [0.1, 0.15) is 10.4 Å². The van der Waals surface area contributed by atoms with E-state index in [0.29, 0.717) is 11.4 Å². The lowest BCUT2D eigenvalue weighted by Crippen LogP contribution is -2.38. The van der Waals surface area contributed by atoms with Crippen LogP contribution in [0.25, 0.3) is 0 Å². The number of hydrogen-bond acceptors (Lipinski definition) is 4. The van der Waals surface area contributed by atoms with Crippen LogP contribution in [0.5, 0.6) is 0 Å². The van der Waals surface area contributed by atoms with Gasteiger partial charge < -0.3 is 5.32 Å². The Morgan fingerprint density at radius 2 is 1.59 bits per heavy atom. The number of hydrogen-bond donors (Lipinski definition) is 1. The van der Waals surface area contributed by atoms with Crippen molar-refractivity contribution < 1.29 is 14.5 Å². The van der Waals surface area contributed by atoms with Gasteiger partial charge in [0.15, 0.2) is 0 Å². The highest BCUT2D eigenvalue weighted by molar-refractivity contribution is 6.32. The monoisotopic (exact) mass is 409 g/mol. The van der Waals surface area contributed by atoms with E-state index in [9.17, 15) is 19.7 Å². The van der Waals surface area contributed by atoms with E-state index in [-0.39, 0.29) is 22.8 Å². The van der Waals surface area contributed by atoms with Crippen molar-refractivity contribution in [2.24, 2.45) is 0 Å². The van der Waals surface area contributed by atoms with Gasteiger partial charge in [0.25, 0.3) is 11.6 Å². The highest BCUT2D eigenvalue weighted by Gasteiger charge is 2.23. The number of nitro benzene ring substituents is 1. The number of halogens is 1. The first-order valence-corrected chi connectivity index (χ1v) is 8.99. The molecule has 0 aliphatic heterocycles. The van der Waals surface area contributed by atoms with E-state index in [1.807, 2.05) is 6.07 Å². The van der Waals surface area contributed by atoms with Crippen molar-refractivity contribution in [3.8, 4) is 0 Å². The molecule has 0 bridgehead atoms. The van der Waals surface area contributed by atoms with Crippen molar-refractivity contribution in [3.63, 3.8) is 0 Å². The van der Waals surface area contributed by atoms with E-state index in [2.05, 4.69) is 5.32 Å². The summed E-state index contributed by atoms with van der Waals surface area (Å²) in [4.78, 5) is 37.4. The Morgan fingerprint density at radius 3 is 2.21 bits per heavy atom. The van der Waals surface area contributed by atoms with E-state index in [1.54, 1.807) is 54.6 Å². The first-order chi connectivity index (χ1) is 14.0. The Morgan fingerprint density at radius 1 is 0.966 bits per heavy atom. The Bertz CT molecular complexity index is 1040. The summed E-state index contributed by atoms with van der Waals surface area (Å²) in [6.07, 6.45) is 0. The fourth-order valence-corrected chi connectivity index (χ4v) is 2.88. The van der Waals surface area contributed by atoms with Crippen LogP contribution in [0.3, 0.4) is 0 Å². The molecule has 0 atom stereocenters. The number of benzene rings is 3. The minimum Gasteiger partial charge on any atom is -0.325 e. The summed E-state index contributed by atoms with van der Waals surface area (Å²) in [6.45, 7) is -0.270. The fourth-order valence-electron chi connectivity index (χ4n) is 2.70. The average Bonchev–Trinajstić information content (AvgIpc) is 2.73. The van der Waals surface area contributed by atoms with Gasteiger partial charge in [0.2, 0.25) is 5.91 Å². The van der Waals surface area contributed by atoms with Crippen molar-refractivity contribution >= 4 is 40.5 Å². The minimum absolute atomic E-state index is 0.0532. The first-order valence-electron chi connectivity index (χ1n) is 8.61. The second kappa shape index (κ2) is 8.99. The number of anilines is 2. The van der Waals surface area contributed by atoms with E-state index >= 15 is 0 Å². The third kappa shape index (κ3) is 4.97. The molecule has 0 heterocycles. The number of nitrogens with zero attached hydrogens (tertiary/aromatic N) is 2. The molecular weight excluding hydrogens is 394 g/mol. The Labute approximate surface area is 171 Å². The van der Waals surface area contributed by atoms with Gasteiger partial charge in [-0.05, 0) is 36.4 Å². The molecule has 0 radical (unpaired) electrons. The molecule has 0 aromatic heterocycles.